The van der Waals surface area contributed by atoms with Crippen molar-refractivity contribution in [2.24, 2.45) is 0 Å². The van der Waals surface area contributed by atoms with Crippen LogP contribution in [-0.2, 0) is 35.8 Å². The van der Waals surface area contributed by atoms with E-state index in [0.717, 1.165) is 59.7 Å². The molecule has 12 nitrogen and oxygen atoms in total. The molecule has 0 amide bonds. The molecule has 0 aliphatic rings. The highest BCUT2D eigenvalue weighted by Crippen LogP contribution is 2.38. The summed E-state index contributed by atoms with van der Waals surface area (Å²) in [7, 11) is 0. The number of aliphatic hydroxyl groups is 2. The lowest BCUT2D eigenvalue weighted by Gasteiger charge is -2.18. The molecule has 60 heavy (non-hydrogen) atoms. The van der Waals surface area contributed by atoms with Crippen LogP contribution in [0.1, 0.15) is 64.1 Å². The minimum absolute atomic E-state index is 0.136. The number of nitrogens with zero attached hydrogens (tertiary/aromatic N) is 3. The Morgan fingerprint density at radius 3 is 2.33 bits per heavy atom. The number of aromatic nitrogens is 2. The van der Waals surface area contributed by atoms with Crippen LogP contribution in [0.3, 0.4) is 0 Å². The van der Waals surface area contributed by atoms with Crippen LogP contribution in [-0.4, -0.2) is 61.1 Å². The molecule has 0 fully saturated rings. The largest absolute Gasteiger partial charge is 0.488 e. The molecule has 14 heteroatoms. The van der Waals surface area contributed by atoms with E-state index >= 15 is 0 Å². The Hall–Kier alpha value is -5.88. The Morgan fingerprint density at radius 1 is 0.850 bits per heavy atom. The summed E-state index contributed by atoms with van der Waals surface area (Å²) in [6.07, 6.45) is 1.79. The van der Waals surface area contributed by atoms with Gasteiger partial charge in [0.1, 0.15) is 35.8 Å². The summed E-state index contributed by atoms with van der Waals surface area (Å²) in [6, 6.07) is 25.9. The summed E-state index contributed by atoms with van der Waals surface area (Å²) in [6.45, 7) is 5.12. The molecule has 2 heterocycles. The van der Waals surface area contributed by atoms with Crippen molar-refractivity contribution in [3.05, 3.63) is 129 Å². The van der Waals surface area contributed by atoms with Crippen molar-refractivity contribution in [2.45, 2.75) is 77.9 Å². The lowest BCUT2D eigenvalue weighted by molar-refractivity contribution is -0.140. The molecule has 4 aromatic carbocycles. The van der Waals surface area contributed by atoms with Crippen molar-refractivity contribution in [3.8, 4) is 39.8 Å². The third-order valence-corrected chi connectivity index (χ3v) is 11.4. The zero-order valence-electron chi connectivity index (χ0n) is 33.2. The van der Waals surface area contributed by atoms with Crippen LogP contribution in [0.2, 0.25) is 5.02 Å². The van der Waals surface area contributed by atoms with Crippen molar-refractivity contribution in [2.75, 3.05) is 6.54 Å². The van der Waals surface area contributed by atoms with E-state index in [0.29, 0.717) is 53.5 Å². The lowest BCUT2D eigenvalue weighted by atomic mass is 9.89. The first-order valence-corrected chi connectivity index (χ1v) is 20.6. The lowest BCUT2D eigenvalue weighted by Crippen LogP contribution is -2.28. The fraction of sp³-hybridized carbons (Fsp3) is 0.283. The van der Waals surface area contributed by atoms with E-state index in [9.17, 15) is 25.1 Å². The number of aliphatic hydroxyl groups excluding tert-OH is 2. The van der Waals surface area contributed by atoms with Crippen LogP contribution >= 0.6 is 22.9 Å². The number of benzene rings is 4. The van der Waals surface area contributed by atoms with Gasteiger partial charge in [-0.05, 0) is 102 Å². The van der Waals surface area contributed by atoms with Crippen molar-refractivity contribution >= 4 is 45.1 Å². The maximum Gasteiger partial charge on any atom is 0.306 e. The van der Waals surface area contributed by atoms with Crippen LogP contribution in [0.25, 0.3) is 32.5 Å². The van der Waals surface area contributed by atoms with E-state index < -0.39 is 24.1 Å². The molecule has 0 radical (unpaired) electrons. The fourth-order valence-electron chi connectivity index (χ4n) is 7.00. The number of carboxylic acid groups (broad SMARTS) is 2. The van der Waals surface area contributed by atoms with Crippen LogP contribution < -0.4 is 14.8 Å². The summed E-state index contributed by atoms with van der Waals surface area (Å²) in [4.78, 5) is 30.8. The smallest absolute Gasteiger partial charge is 0.306 e. The fourth-order valence-corrected chi connectivity index (χ4v) is 8.16. The second-order valence-corrected chi connectivity index (χ2v) is 16.1. The van der Waals surface area contributed by atoms with Crippen molar-refractivity contribution < 1.29 is 39.5 Å². The van der Waals surface area contributed by atoms with Gasteiger partial charge in [0.2, 0.25) is 0 Å². The highest BCUT2D eigenvalue weighted by Gasteiger charge is 2.17. The average molecular weight is 849 g/mol. The molecule has 0 aliphatic carbocycles. The molecule has 0 saturated carbocycles. The first kappa shape index (κ1) is 43.7. The number of nitrogens with one attached hydrogen (secondary N) is 1. The number of pyridine rings is 1. The summed E-state index contributed by atoms with van der Waals surface area (Å²) in [5.74, 6) is -1.17. The van der Waals surface area contributed by atoms with E-state index in [2.05, 4.69) is 66.6 Å². The van der Waals surface area contributed by atoms with E-state index in [1.807, 2.05) is 18.2 Å². The number of fused-ring (bicyclic) bond motifs is 1. The number of carbonyl (C=O) groups is 2. The van der Waals surface area contributed by atoms with Crippen LogP contribution in [0.4, 0.5) is 0 Å². The van der Waals surface area contributed by atoms with Crippen molar-refractivity contribution in [1.82, 2.24) is 15.3 Å². The summed E-state index contributed by atoms with van der Waals surface area (Å²) < 4.78 is 13.6. The number of carboxylic acids is 2. The van der Waals surface area contributed by atoms with E-state index in [1.54, 1.807) is 35.7 Å². The molecule has 0 unspecified atom stereocenters. The zero-order valence-corrected chi connectivity index (χ0v) is 34.7. The third-order valence-electron chi connectivity index (χ3n) is 10.1. The number of hydrogen-bond donors (Lipinski definition) is 5. The van der Waals surface area contributed by atoms with Crippen LogP contribution in [0.5, 0.6) is 11.5 Å². The maximum absolute atomic E-state index is 11.0. The second-order valence-electron chi connectivity index (χ2n) is 14.5. The number of nitriles is 1. The van der Waals surface area contributed by atoms with Gasteiger partial charge in [-0.1, -0.05) is 54.1 Å². The molecule has 2 aromatic heterocycles. The van der Waals surface area contributed by atoms with Gasteiger partial charge in [0.05, 0.1) is 45.9 Å². The summed E-state index contributed by atoms with van der Waals surface area (Å²) in [5.41, 5.74) is 10.1. The highest BCUT2D eigenvalue weighted by atomic mass is 35.5. The molecule has 0 saturated heterocycles. The third kappa shape index (κ3) is 11.4. The SMILES string of the molecule is Cc1c(COc2cc(OCc3cncc(C#N)c3)c(CCC[C@@H](O)CC(=O)O)cc2Cl)cccc1-c1cccc(-c2ccc3sc(CNC[C@@H](O)CC(=O)O)nc3c2)c1C. The van der Waals surface area contributed by atoms with Crippen molar-refractivity contribution in [1.29, 1.82) is 5.26 Å². The first-order chi connectivity index (χ1) is 28.9. The standard InChI is InChI=1S/C46H45ClN4O8S/c1-27-33(26-59-42-19-41(58-25-30-14-29(20-48)21-49-22-30)32(15-39(42)47)6-3-8-34(52)17-45(54)55)7-4-10-37(27)38-11-5-9-36(28(38)2)31-12-13-43-40(16-31)51-44(60-43)24-50-23-35(53)18-46(56)57/h4-5,7,9-16,19,21-22,34-35,50,52-53H,3,6,8,17-18,23-26H2,1-2H3,(H,54,55)(H,56,57)/t34-,35+/m1/s1. The van der Waals surface area contributed by atoms with Gasteiger partial charge in [-0.3, -0.25) is 14.6 Å². The quantitative estimate of drug-likeness (QED) is 0.0493. The number of thiazole rings is 1. The van der Waals surface area contributed by atoms with Gasteiger partial charge in [0.15, 0.2) is 0 Å². The molecule has 5 N–H and O–H groups in total. The molecule has 0 spiro atoms. The molecule has 6 aromatic rings. The first-order valence-electron chi connectivity index (χ1n) is 19.4. The minimum Gasteiger partial charge on any atom is -0.488 e. The predicted molar refractivity (Wildman–Crippen MR) is 230 cm³/mol. The van der Waals surface area contributed by atoms with E-state index in [4.69, 9.17) is 36.3 Å². The van der Waals surface area contributed by atoms with Gasteiger partial charge in [-0.25, -0.2) is 4.98 Å². The molecular weight excluding hydrogens is 804 g/mol. The molecule has 310 valence electrons. The molecular formula is C46H45ClN4O8S. The number of halogens is 1. The number of aryl methyl sites for hydroxylation is 1. The molecule has 6 rings (SSSR count). The monoisotopic (exact) mass is 848 g/mol. The maximum atomic E-state index is 11.0. The van der Waals surface area contributed by atoms with Gasteiger partial charge in [0.25, 0.3) is 0 Å². The summed E-state index contributed by atoms with van der Waals surface area (Å²) >= 11 is 8.35. The topological polar surface area (TPSA) is 195 Å². The molecule has 0 aliphatic heterocycles. The second kappa shape index (κ2) is 20.4. The normalized spacial score (nSPS) is 12.2. The van der Waals surface area contributed by atoms with E-state index in [1.165, 1.54) is 6.20 Å². The minimum atomic E-state index is -1.06. The van der Waals surface area contributed by atoms with Gasteiger partial charge in [-0.2, -0.15) is 5.26 Å². The predicted octanol–water partition coefficient (Wildman–Crippen LogP) is 8.41. The average Bonchev–Trinajstić information content (AvgIpc) is 3.62. The van der Waals surface area contributed by atoms with Crippen LogP contribution in [0.15, 0.2) is 85.2 Å². The number of ether oxygens (including phenoxy) is 2. The Morgan fingerprint density at radius 2 is 1.57 bits per heavy atom. The zero-order chi connectivity index (χ0) is 42.8. The summed E-state index contributed by atoms with van der Waals surface area (Å²) in [5, 5.41) is 51.6. The number of hydrogen-bond acceptors (Lipinski definition) is 11. The van der Waals surface area contributed by atoms with Crippen molar-refractivity contribution in [3.63, 3.8) is 0 Å². The number of aliphatic carboxylic acids is 2. The van der Waals surface area contributed by atoms with Gasteiger partial charge in [-0.15, -0.1) is 11.3 Å². The molecule has 0 bridgehead atoms. The van der Waals surface area contributed by atoms with Gasteiger partial charge >= 0.3 is 11.9 Å². The Kier molecular flexibility index (Phi) is 14.8. The van der Waals surface area contributed by atoms with Crippen LogP contribution in [0, 0.1) is 25.2 Å². The Balaban J connectivity index is 1.19. The van der Waals surface area contributed by atoms with Gasteiger partial charge in [0, 0.05) is 37.1 Å². The Labute approximate surface area is 356 Å². The number of rotatable bonds is 20. The molecule has 2 atom stereocenters. The Bertz CT molecular complexity index is 2540. The van der Waals surface area contributed by atoms with Gasteiger partial charge < -0.3 is 35.2 Å². The highest BCUT2D eigenvalue weighted by molar-refractivity contribution is 7.18. The van der Waals surface area contributed by atoms with E-state index in [-0.39, 0.29) is 32.6 Å².